The van der Waals surface area contributed by atoms with Crippen molar-refractivity contribution in [2.24, 2.45) is 5.92 Å². The second-order valence-electron chi connectivity index (χ2n) is 5.45. The quantitative estimate of drug-likeness (QED) is 0.842. The fraction of sp³-hybridized carbons (Fsp3) is 0.846. The van der Waals surface area contributed by atoms with Crippen LogP contribution in [0.15, 0.2) is 4.42 Å². The van der Waals surface area contributed by atoms with Crippen LogP contribution >= 0.6 is 0 Å². The van der Waals surface area contributed by atoms with Crippen LogP contribution in [0.2, 0.25) is 0 Å². The third-order valence-electron chi connectivity index (χ3n) is 3.27. The van der Waals surface area contributed by atoms with E-state index in [0.29, 0.717) is 24.4 Å². The summed E-state index contributed by atoms with van der Waals surface area (Å²) < 4.78 is 11.1. The molecule has 0 spiro atoms. The molecule has 1 aromatic heterocycles. The fourth-order valence-electron chi connectivity index (χ4n) is 2.22. The largest absolute Gasteiger partial charge is 0.407 e. The first-order valence-corrected chi connectivity index (χ1v) is 7.00. The van der Waals surface area contributed by atoms with Gasteiger partial charge in [0.2, 0.25) is 5.89 Å². The number of nitrogens with one attached hydrogen (secondary N) is 1. The molecule has 1 unspecified atom stereocenters. The Hall–Kier alpha value is -1.14. The Labute approximate surface area is 114 Å². The molecule has 0 aliphatic carbocycles. The summed E-state index contributed by atoms with van der Waals surface area (Å²) in [5.41, 5.74) is 0. The van der Waals surface area contributed by atoms with Crippen molar-refractivity contribution in [3.8, 4) is 0 Å². The van der Waals surface area contributed by atoms with E-state index in [1.165, 1.54) is 0 Å². The highest BCUT2D eigenvalue weighted by atomic mass is 16.5. The van der Waals surface area contributed by atoms with E-state index in [0.717, 1.165) is 32.5 Å². The number of piperidine rings is 1. The zero-order valence-corrected chi connectivity index (χ0v) is 12.1. The van der Waals surface area contributed by atoms with Crippen LogP contribution in [0, 0.1) is 5.92 Å². The zero-order chi connectivity index (χ0) is 13.7. The fourth-order valence-corrected chi connectivity index (χ4v) is 2.22. The molecule has 1 atom stereocenters. The minimum atomic E-state index is 0.267. The van der Waals surface area contributed by atoms with Crippen LogP contribution < -0.4 is 10.2 Å². The van der Waals surface area contributed by atoms with Crippen molar-refractivity contribution >= 4 is 6.01 Å². The molecule has 0 amide bonds. The normalized spacial score (nSPS) is 20.2. The van der Waals surface area contributed by atoms with Crippen molar-refractivity contribution in [3.05, 3.63) is 5.89 Å². The van der Waals surface area contributed by atoms with Gasteiger partial charge in [-0.15, -0.1) is 5.10 Å². The zero-order valence-electron chi connectivity index (χ0n) is 12.1. The molecule has 1 saturated heterocycles. The van der Waals surface area contributed by atoms with Crippen molar-refractivity contribution in [2.75, 3.05) is 31.6 Å². The van der Waals surface area contributed by atoms with E-state index in [2.05, 4.69) is 34.3 Å². The SMILES string of the molecule is COC1CCCN(c2nnc(CNCC(C)C)o2)C1. The molecule has 6 heteroatoms. The monoisotopic (exact) mass is 268 g/mol. The summed E-state index contributed by atoms with van der Waals surface area (Å²) in [4.78, 5) is 2.11. The molecule has 2 rings (SSSR count). The molecule has 19 heavy (non-hydrogen) atoms. The maximum atomic E-state index is 5.68. The number of aromatic nitrogens is 2. The van der Waals surface area contributed by atoms with Gasteiger partial charge in [0, 0.05) is 20.2 Å². The lowest BCUT2D eigenvalue weighted by molar-refractivity contribution is 0.0879. The molecule has 1 aliphatic heterocycles. The van der Waals surface area contributed by atoms with Crippen molar-refractivity contribution in [1.82, 2.24) is 15.5 Å². The highest BCUT2D eigenvalue weighted by Crippen LogP contribution is 2.19. The van der Waals surface area contributed by atoms with E-state index in [1.54, 1.807) is 7.11 Å². The Kier molecular flexibility index (Phi) is 5.15. The van der Waals surface area contributed by atoms with Crippen LogP contribution in [-0.4, -0.2) is 43.0 Å². The molecular formula is C13H24N4O2. The molecule has 0 saturated carbocycles. The van der Waals surface area contributed by atoms with Gasteiger partial charge >= 0.3 is 6.01 Å². The average Bonchev–Trinajstić information content (AvgIpc) is 2.87. The lowest BCUT2D eigenvalue weighted by atomic mass is 10.1. The third kappa shape index (κ3) is 4.18. The molecule has 0 aromatic carbocycles. The van der Waals surface area contributed by atoms with E-state index in [1.807, 2.05) is 0 Å². The van der Waals surface area contributed by atoms with Crippen LogP contribution in [0.1, 0.15) is 32.6 Å². The van der Waals surface area contributed by atoms with Gasteiger partial charge in [0.1, 0.15) is 0 Å². The Morgan fingerprint density at radius 2 is 2.32 bits per heavy atom. The maximum absolute atomic E-state index is 5.68. The third-order valence-corrected chi connectivity index (χ3v) is 3.27. The molecule has 0 radical (unpaired) electrons. The molecule has 1 fully saturated rings. The van der Waals surface area contributed by atoms with Gasteiger partial charge in [-0.05, 0) is 25.3 Å². The van der Waals surface area contributed by atoms with E-state index in [9.17, 15) is 0 Å². The van der Waals surface area contributed by atoms with Crippen LogP contribution in [0.3, 0.4) is 0 Å². The minimum Gasteiger partial charge on any atom is -0.407 e. The summed E-state index contributed by atoms with van der Waals surface area (Å²) in [6.45, 7) is 7.72. The number of methoxy groups -OCH3 is 1. The van der Waals surface area contributed by atoms with Crippen LogP contribution in [-0.2, 0) is 11.3 Å². The average molecular weight is 268 g/mol. The molecule has 1 N–H and O–H groups in total. The van der Waals surface area contributed by atoms with E-state index >= 15 is 0 Å². The van der Waals surface area contributed by atoms with E-state index < -0.39 is 0 Å². The van der Waals surface area contributed by atoms with Gasteiger partial charge in [-0.3, -0.25) is 0 Å². The molecule has 1 aromatic rings. The van der Waals surface area contributed by atoms with Crippen LogP contribution in [0.5, 0.6) is 0 Å². The van der Waals surface area contributed by atoms with Crippen LogP contribution in [0.25, 0.3) is 0 Å². The first-order valence-electron chi connectivity index (χ1n) is 7.00. The van der Waals surface area contributed by atoms with Gasteiger partial charge in [-0.2, -0.15) is 0 Å². The molecule has 1 aliphatic rings. The highest BCUT2D eigenvalue weighted by molar-refractivity contribution is 5.25. The van der Waals surface area contributed by atoms with Crippen LogP contribution in [0.4, 0.5) is 6.01 Å². The van der Waals surface area contributed by atoms with Gasteiger partial charge in [-0.25, -0.2) is 0 Å². The molecule has 108 valence electrons. The van der Waals surface area contributed by atoms with Crippen molar-refractivity contribution in [3.63, 3.8) is 0 Å². The van der Waals surface area contributed by atoms with E-state index in [-0.39, 0.29) is 6.10 Å². The number of hydrogen-bond acceptors (Lipinski definition) is 6. The Morgan fingerprint density at radius 3 is 3.05 bits per heavy atom. The van der Waals surface area contributed by atoms with E-state index in [4.69, 9.17) is 9.15 Å². The molecular weight excluding hydrogens is 244 g/mol. The van der Waals surface area contributed by atoms with Gasteiger partial charge in [0.05, 0.1) is 12.6 Å². The minimum absolute atomic E-state index is 0.267. The first kappa shape index (κ1) is 14.3. The Bertz CT molecular complexity index is 380. The highest BCUT2D eigenvalue weighted by Gasteiger charge is 2.23. The molecule has 0 bridgehead atoms. The maximum Gasteiger partial charge on any atom is 0.318 e. The second-order valence-corrected chi connectivity index (χ2v) is 5.45. The summed E-state index contributed by atoms with van der Waals surface area (Å²) >= 11 is 0. The number of ether oxygens (including phenoxy) is 1. The molecule has 2 heterocycles. The number of rotatable bonds is 6. The lowest BCUT2D eigenvalue weighted by Crippen LogP contribution is -2.39. The van der Waals surface area contributed by atoms with Gasteiger partial charge in [-0.1, -0.05) is 18.9 Å². The van der Waals surface area contributed by atoms with Crippen molar-refractivity contribution in [2.45, 2.75) is 39.3 Å². The summed E-state index contributed by atoms with van der Waals surface area (Å²) in [6, 6.07) is 0.614. The van der Waals surface area contributed by atoms with Gasteiger partial charge in [0.15, 0.2) is 0 Å². The Morgan fingerprint density at radius 1 is 1.47 bits per heavy atom. The standard InChI is InChI=1S/C13H24N4O2/c1-10(2)7-14-8-12-15-16-13(19-12)17-6-4-5-11(9-17)18-3/h10-11,14H,4-9H2,1-3H3. The smallest absolute Gasteiger partial charge is 0.318 e. The van der Waals surface area contributed by atoms with Gasteiger partial charge < -0.3 is 19.4 Å². The Balaban J connectivity index is 1.85. The number of nitrogens with zero attached hydrogens (tertiary/aromatic N) is 3. The topological polar surface area (TPSA) is 63.4 Å². The van der Waals surface area contributed by atoms with Crippen molar-refractivity contribution in [1.29, 1.82) is 0 Å². The summed E-state index contributed by atoms with van der Waals surface area (Å²) in [6.07, 6.45) is 2.47. The lowest BCUT2D eigenvalue weighted by Gasteiger charge is -2.30. The summed E-state index contributed by atoms with van der Waals surface area (Å²) in [7, 11) is 1.75. The summed E-state index contributed by atoms with van der Waals surface area (Å²) in [5, 5.41) is 11.5. The number of anilines is 1. The number of hydrogen-bond donors (Lipinski definition) is 1. The second kappa shape index (κ2) is 6.86. The predicted molar refractivity (Wildman–Crippen MR) is 73.1 cm³/mol. The first-order chi connectivity index (χ1) is 9.19. The summed E-state index contributed by atoms with van der Waals surface area (Å²) in [5.74, 6) is 1.27. The van der Waals surface area contributed by atoms with Gasteiger partial charge in [0.25, 0.3) is 0 Å². The molecule has 6 nitrogen and oxygen atoms in total. The van der Waals surface area contributed by atoms with Crippen molar-refractivity contribution < 1.29 is 9.15 Å². The predicted octanol–water partition coefficient (Wildman–Crippen LogP) is 1.43.